The van der Waals surface area contributed by atoms with E-state index in [9.17, 15) is 14.3 Å². The molecule has 0 saturated carbocycles. The van der Waals surface area contributed by atoms with Crippen molar-refractivity contribution in [2.75, 3.05) is 13.1 Å². The molecule has 22 heavy (non-hydrogen) atoms. The molecule has 0 aliphatic carbocycles. The van der Waals surface area contributed by atoms with E-state index in [1.165, 1.54) is 12.1 Å². The highest BCUT2D eigenvalue weighted by molar-refractivity contribution is 5.68. The van der Waals surface area contributed by atoms with Gasteiger partial charge in [-0.05, 0) is 44.9 Å². The third-order valence-corrected chi connectivity index (χ3v) is 3.38. The van der Waals surface area contributed by atoms with E-state index in [2.05, 4.69) is 5.32 Å². The first-order valence-electron chi connectivity index (χ1n) is 7.43. The Morgan fingerprint density at radius 1 is 1.45 bits per heavy atom. The van der Waals surface area contributed by atoms with Gasteiger partial charge in [0.15, 0.2) is 0 Å². The van der Waals surface area contributed by atoms with Crippen LogP contribution in [0.25, 0.3) is 0 Å². The Bertz CT molecular complexity index is 522. The van der Waals surface area contributed by atoms with Crippen LogP contribution in [0.5, 0.6) is 5.75 Å². The van der Waals surface area contributed by atoms with Crippen LogP contribution in [0.4, 0.5) is 9.18 Å². The molecule has 0 radical (unpaired) electrons. The topological polar surface area (TPSA) is 61.8 Å². The van der Waals surface area contributed by atoms with Gasteiger partial charge in [-0.3, -0.25) is 0 Å². The van der Waals surface area contributed by atoms with Gasteiger partial charge in [0.2, 0.25) is 0 Å². The predicted octanol–water partition coefficient (Wildman–Crippen LogP) is 2.63. The summed E-state index contributed by atoms with van der Waals surface area (Å²) in [5.41, 5.74) is 0.176. The fourth-order valence-corrected chi connectivity index (χ4v) is 2.42. The fourth-order valence-electron chi connectivity index (χ4n) is 2.42. The minimum absolute atomic E-state index is 0.0846. The molecule has 6 heteroatoms. The molecule has 1 aliphatic rings. The Morgan fingerprint density at radius 3 is 2.82 bits per heavy atom. The van der Waals surface area contributed by atoms with Gasteiger partial charge in [0.1, 0.15) is 17.2 Å². The summed E-state index contributed by atoms with van der Waals surface area (Å²) in [4.78, 5) is 13.6. The lowest BCUT2D eigenvalue weighted by molar-refractivity contribution is 0.0291. The highest BCUT2D eigenvalue weighted by atomic mass is 19.1. The number of carbonyl (C=O) groups is 1. The van der Waals surface area contributed by atoms with Gasteiger partial charge in [0.25, 0.3) is 0 Å². The zero-order valence-electron chi connectivity index (χ0n) is 13.2. The molecule has 0 bridgehead atoms. The normalized spacial score (nSPS) is 18.5. The molecule has 122 valence electrons. The van der Waals surface area contributed by atoms with Gasteiger partial charge in [-0.2, -0.15) is 0 Å². The lowest BCUT2D eigenvalue weighted by atomic mass is 10.2. The number of halogens is 1. The summed E-state index contributed by atoms with van der Waals surface area (Å²) in [5, 5.41) is 12.6. The number of phenolic OH excluding ortho intramolecular Hbond substituents is 1. The minimum atomic E-state index is -0.498. The first-order chi connectivity index (χ1) is 10.2. The van der Waals surface area contributed by atoms with Crippen molar-refractivity contribution in [3.8, 4) is 5.75 Å². The fraction of sp³-hybridized carbons (Fsp3) is 0.562. The van der Waals surface area contributed by atoms with Crippen molar-refractivity contribution in [2.24, 2.45) is 0 Å². The summed E-state index contributed by atoms with van der Waals surface area (Å²) in [6.45, 7) is 7.17. The molecular weight excluding hydrogens is 287 g/mol. The number of nitrogens with one attached hydrogen (secondary N) is 1. The predicted molar refractivity (Wildman–Crippen MR) is 81.1 cm³/mol. The highest BCUT2D eigenvalue weighted by Gasteiger charge is 2.29. The van der Waals surface area contributed by atoms with E-state index in [-0.39, 0.29) is 17.9 Å². The van der Waals surface area contributed by atoms with Crippen LogP contribution in [0, 0.1) is 5.82 Å². The lowest BCUT2D eigenvalue weighted by Gasteiger charge is -2.24. The average molecular weight is 310 g/mol. The first-order valence-corrected chi connectivity index (χ1v) is 7.43. The summed E-state index contributed by atoms with van der Waals surface area (Å²) in [6.07, 6.45) is 0.515. The van der Waals surface area contributed by atoms with Gasteiger partial charge < -0.3 is 20.1 Å². The number of aromatic hydroxyl groups is 1. The SMILES string of the molecule is CC(C)(C)OC(=O)N1CCC(NCc2cc(O)cc(F)c2)C1. The number of likely N-dealkylation sites (tertiary alicyclic amines) is 1. The van der Waals surface area contributed by atoms with Crippen molar-refractivity contribution >= 4 is 6.09 Å². The molecule has 1 heterocycles. The van der Waals surface area contributed by atoms with Gasteiger partial charge in [0.05, 0.1) is 0 Å². The Morgan fingerprint density at radius 2 is 2.18 bits per heavy atom. The summed E-state index contributed by atoms with van der Waals surface area (Å²) in [5.74, 6) is -0.544. The number of carbonyl (C=O) groups excluding carboxylic acids is 1. The van der Waals surface area contributed by atoms with Crippen molar-refractivity contribution in [1.29, 1.82) is 0 Å². The van der Waals surface area contributed by atoms with Crippen LogP contribution in [-0.2, 0) is 11.3 Å². The third kappa shape index (κ3) is 4.87. The Balaban J connectivity index is 1.82. The van der Waals surface area contributed by atoms with Gasteiger partial charge in [0, 0.05) is 31.7 Å². The Labute approximate surface area is 130 Å². The van der Waals surface area contributed by atoms with E-state index < -0.39 is 11.4 Å². The van der Waals surface area contributed by atoms with E-state index in [1.54, 1.807) is 4.90 Å². The third-order valence-electron chi connectivity index (χ3n) is 3.38. The second kappa shape index (κ2) is 6.52. The number of hydrogen-bond acceptors (Lipinski definition) is 4. The molecule has 1 atom stereocenters. The van der Waals surface area contributed by atoms with Crippen molar-refractivity contribution in [1.82, 2.24) is 10.2 Å². The number of rotatable bonds is 3. The van der Waals surface area contributed by atoms with Crippen LogP contribution in [0.2, 0.25) is 0 Å². The summed E-state index contributed by atoms with van der Waals surface area (Å²) in [6, 6.07) is 4.12. The Hall–Kier alpha value is -1.82. The minimum Gasteiger partial charge on any atom is -0.508 e. The van der Waals surface area contributed by atoms with Crippen molar-refractivity contribution in [3.05, 3.63) is 29.6 Å². The molecule has 1 saturated heterocycles. The quantitative estimate of drug-likeness (QED) is 0.901. The molecule has 1 aliphatic heterocycles. The highest BCUT2D eigenvalue weighted by Crippen LogP contribution is 2.17. The van der Waals surface area contributed by atoms with Gasteiger partial charge >= 0.3 is 6.09 Å². The van der Waals surface area contributed by atoms with Crippen LogP contribution >= 0.6 is 0 Å². The molecular formula is C16H23FN2O3. The molecule has 1 unspecified atom stereocenters. The number of nitrogens with zero attached hydrogens (tertiary/aromatic N) is 1. The number of amides is 1. The van der Waals surface area contributed by atoms with E-state index in [0.717, 1.165) is 12.5 Å². The van der Waals surface area contributed by atoms with E-state index >= 15 is 0 Å². The number of phenols is 1. The van der Waals surface area contributed by atoms with Crippen molar-refractivity contribution in [3.63, 3.8) is 0 Å². The average Bonchev–Trinajstić information content (AvgIpc) is 2.82. The molecule has 1 fully saturated rings. The van der Waals surface area contributed by atoms with Crippen LogP contribution in [0.3, 0.4) is 0 Å². The van der Waals surface area contributed by atoms with Crippen molar-refractivity contribution < 1.29 is 19.0 Å². The van der Waals surface area contributed by atoms with Crippen LogP contribution in [0.15, 0.2) is 18.2 Å². The van der Waals surface area contributed by atoms with E-state index in [0.29, 0.717) is 25.2 Å². The molecule has 2 N–H and O–H groups in total. The van der Waals surface area contributed by atoms with Gasteiger partial charge in [-0.1, -0.05) is 0 Å². The molecule has 1 aromatic rings. The van der Waals surface area contributed by atoms with Crippen molar-refractivity contribution in [2.45, 2.75) is 45.4 Å². The maximum Gasteiger partial charge on any atom is 0.410 e. The number of benzene rings is 1. The molecule has 1 aromatic carbocycles. The monoisotopic (exact) mass is 310 g/mol. The second-order valence-electron chi connectivity index (χ2n) is 6.61. The molecule has 1 amide bonds. The zero-order chi connectivity index (χ0) is 16.3. The maximum absolute atomic E-state index is 13.2. The van der Waals surface area contributed by atoms with Crippen LogP contribution in [-0.4, -0.2) is 40.8 Å². The molecule has 2 rings (SSSR count). The summed E-state index contributed by atoms with van der Waals surface area (Å²) < 4.78 is 18.5. The molecule has 5 nitrogen and oxygen atoms in total. The zero-order valence-corrected chi connectivity index (χ0v) is 13.2. The van der Waals surface area contributed by atoms with Crippen LogP contribution < -0.4 is 5.32 Å². The van der Waals surface area contributed by atoms with E-state index in [4.69, 9.17) is 4.74 Å². The Kier molecular flexibility index (Phi) is 4.90. The standard InChI is InChI=1S/C16H23FN2O3/c1-16(2,3)22-15(21)19-5-4-13(10-19)18-9-11-6-12(17)8-14(20)7-11/h6-8,13,18,20H,4-5,9-10H2,1-3H3. The molecule has 0 spiro atoms. The van der Waals surface area contributed by atoms with Gasteiger partial charge in [-0.25, -0.2) is 9.18 Å². The number of ether oxygens (including phenoxy) is 1. The van der Waals surface area contributed by atoms with Crippen LogP contribution in [0.1, 0.15) is 32.8 Å². The first kappa shape index (κ1) is 16.5. The molecule has 0 aromatic heterocycles. The lowest BCUT2D eigenvalue weighted by Crippen LogP contribution is -2.38. The summed E-state index contributed by atoms with van der Waals surface area (Å²) >= 11 is 0. The largest absolute Gasteiger partial charge is 0.508 e. The maximum atomic E-state index is 13.2. The summed E-state index contributed by atoms with van der Waals surface area (Å²) in [7, 11) is 0. The second-order valence-corrected chi connectivity index (χ2v) is 6.61. The van der Waals surface area contributed by atoms with Gasteiger partial charge in [-0.15, -0.1) is 0 Å². The van der Waals surface area contributed by atoms with E-state index in [1.807, 2.05) is 20.8 Å². The smallest absolute Gasteiger partial charge is 0.410 e. The number of hydrogen-bond donors (Lipinski definition) is 2.